The number of rotatable bonds is 6. The number of hydrogen-bond acceptors (Lipinski definition) is 4. The van der Waals surface area contributed by atoms with E-state index in [1.54, 1.807) is 13.3 Å². The molecule has 1 heterocycles. The van der Waals surface area contributed by atoms with Crippen LogP contribution in [0.1, 0.15) is 11.3 Å². The average molecular weight is 337 g/mol. The minimum absolute atomic E-state index is 0.395. The first-order chi connectivity index (χ1) is 9.74. The molecule has 0 spiro atoms. The lowest BCUT2D eigenvalue weighted by Crippen LogP contribution is -2.04. The number of ether oxygens (including phenoxy) is 2. The first-order valence-electron chi connectivity index (χ1n) is 6.33. The van der Waals surface area contributed by atoms with Crippen molar-refractivity contribution in [3.05, 3.63) is 52.3 Å². The first-order valence-corrected chi connectivity index (χ1v) is 7.13. The van der Waals surface area contributed by atoms with Crippen molar-refractivity contribution in [2.45, 2.75) is 13.0 Å². The first kappa shape index (κ1) is 14.8. The van der Waals surface area contributed by atoms with Crippen LogP contribution in [-0.2, 0) is 13.0 Å². The normalized spacial score (nSPS) is 10.3. The van der Waals surface area contributed by atoms with E-state index in [1.807, 2.05) is 30.3 Å². The fraction of sp³-hybridized carbons (Fsp3) is 0.267. The number of nitrogens with two attached hydrogens (primary N) is 1. The predicted octanol–water partition coefficient (Wildman–Crippen LogP) is 2.93. The number of nitrogens with zero attached hydrogens (tertiary/aromatic N) is 1. The fourth-order valence-electron chi connectivity index (χ4n) is 1.85. The largest absolute Gasteiger partial charge is 0.493 e. The lowest BCUT2D eigenvalue weighted by atomic mass is 10.1. The molecule has 1 aromatic carbocycles. The van der Waals surface area contributed by atoms with E-state index in [2.05, 4.69) is 20.9 Å². The van der Waals surface area contributed by atoms with Gasteiger partial charge in [0.25, 0.3) is 0 Å². The SMILES string of the molecule is COc1cc(CCN)cc(Br)c1OCc1ccccn1. The van der Waals surface area contributed by atoms with Gasteiger partial charge in [-0.2, -0.15) is 0 Å². The van der Waals surface area contributed by atoms with E-state index in [9.17, 15) is 0 Å². The Labute approximate surface area is 127 Å². The highest BCUT2D eigenvalue weighted by Crippen LogP contribution is 2.37. The molecular formula is C15H17BrN2O2. The predicted molar refractivity (Wildman–Crippen MR) is 82.0 cm³/mol. The molecule has 0 saturated heterocycles. The van der Waals surface area contributed by atoms with Crippen LogP contribution < -0.4 is 15.2 Å². The summed E-state index contributed by atoms with van der Waals surface area (Å²) in [6.45, 7) is 0.996. The molecule has 106 valence electrons. The minimum atomic E-state index is 0.395. The van der Waals surface area contributed by atoms with Crippen LogP contribution in [0.3, 0.4) is 0 Å². The van der Waals surface area contributed by atoms with Gasteiger partial charge in [0.15, 0.2) is 11.5 Å². The van der Waals surface area contributed by atoms with Crippen LogP contribution in [0.4, 0.5) is 0 Å². The molecule has 0 saturated carbocycles. The van der Waals surface area contributed by atoms with Gasteiger partial charge in [-0.1, -0.05) is 6.07 Å². The summed E-state index contributed by atoms with van der Waals surface area (Å²) in [5, 5.41) is 0. The number of hydrogen-bond donors (Lipinski definition) is 1. The summed E-state index contributed by atoms with van der Waals surface area (Å²) in [7, 11) is 1.63. The Morgan fingerprint density at radius 2 is 2.15 bits per heavy atom. The molecule has 0 fully saturated rings. The van der Waals surface area contributed by atoms with E-state index < -0.39 is 0 Å². The maximum absolute atomic E-state index is 5.81. The Kier molecular flexibility index (Phi) is 5.38. The second-order valence-corrected chi connectivity index (χ2v) is 5.11. The van der Waals surface area contributed by atoms with E-state index in [4.69, 9.17) is 15.2 Å². The summed E-state index contributed by atoms with van der Waals surface area (Å²) in [5.41, 5.74) is 7.56. The van der Waals surface area contributed by atoms with Gasteiger partial charge in [0.05, 0.1) is 17.3 Å². The minimum Gasteiger partial charge on any atom is -0.493 e. The van der Waals surface area contributed by atoms with Crippen molar-refractivity contribution in [3.63, 3.8) is 0 Å². The molecule has 0 aliphatic carbocycles. The molecular weight excluding hydrogens is 320 g/mol. The summed E-state index contributed by atoms with van der Waals surface area (Å²) < 4.78 is 12.1. The van der Waals surface area contributed by atoms with Crippen molar-refractivity contribution >= 4 is 15.9 Å². The van der Waals surface area contributed by atoms with Gasteiger partial charge < -0.3 is 15.2 Å². The quantitative estimate of drug-likeness (QED) is 0.881. The van der Waals surface area contributed by atoms with Crippen LogP contribution in [0.15, 0.2) is 41.0 Å². The Bertz CT molecular complexity index is 561. The summed E-state index contributed by atoms with van der Waals surface area (Å²) >= 11 is 3.52. The maximum Gasteiger partial charge on any atom is 0.175 e. The second-order valence-electron chi connectivity index (χ2n) is 4.26. The lowest BCUT2D eigenvalue weighted by molar-refractivity contribution is 0.278. The van der Waals surface area contributed by atoms with Crippen LogP contribution in [0.25, 0.3) is 0 Å². The summed E-state index contributed by atoms with van der Waals surface area (Å²) in [6.07, 6.45) is 2.55. The Morgan fingerprint density at radius 3 is 2.80 bits per heavy atom. The summed E-state index contributed by atoms with van der Waals surface area (Å²) in [5.74, 6) is 1.37. The highest BCUT2D eigenvalue weighted by atomic mass is 79.9. The van der Waals surface area contributed by atoms with Gasteiger partial charge in [-0.15, -0.1) is 0 Å². The highest BCUT2D eigenvalue weighted by Gasteiger charge is 2.12. The number of halogens is 1. The van der Waals surface area contributed by atoms with Gasteiger partial charge in [-0.05, 0) is 58.7 Å². The molecule has 1 aromatic heterocycles. The van der Waals surface area contributed by atoms with Gasteiger partial charge in [0, 0.05) is 6.20 Å². The standard InChI is InChI=1S/C15H17BrN2O2/c1-19-14-9-11(5-6-17)8-13(16)15(14)20-10-12-4-2-3-7-18-12/h2-4,7-9H,5-6,10,17H2,1H3. The van der Waals surface area contributed by atoms with Gasteiger partial charge in [-0.25, -0.2) is 0 Å². The summed E-state index contributed by atoms with van der Waals surface area (Å²) in [6, 6.07) is 9.68. The lowest BCUT2D eigenvalue weighted by Gasteiger charge is -2.14. The van der Waals surface area contributed by atoms with Crippen molar-refractivity contribution in [2.24, 2.45) is 5.73 Å². The van der Waals surface area contributed by atoms with Gasteiger partial charge in [0.2, 0.25) is 0 Å². The zero-order valence-electron chi connectivity index (χ0n) is 11.3. The van der Waals surface area contributed by atoms with Gasteiger partial charge in [-0.3, -0.25) is 4.98 Å². The number of benzene rings is 1. The van der Waals surface area contributed by atoms with E-state index in [-0.39, 0.29) is 0 Å². The Morgan fingerprint density at radius 1 is 1.30 bits per heavy atom. The molecule has 0 radical (unpaired) electrons. The van der Waals surface area contributed by atoms with Crippen LogP contribution in [0, 0.1) is 0 Å². The van der Waals surface area contributed by atoms with Crippen molar-refractivity contribution in [2.75, 3.05) is 13.7 Å². The molecule has 0 amide bonds. The van der Waals surface area contributed by atoms with E-state index in [0.29, 0.717) is 24.7 Å². The third-order valence-corrected chi connectivity index (χ3v) is 3.40. The van der Waals surface area contributed by atoms with Crippen LogP contribution in [0.5, 0.6) is 11.5 Å². The van der Waals surface area contributed by atoms with Gasteiger partial charge in [0.1, 0.15) is 6.61 Å². The Hall–Kier alpha value is -1.59. The monoisotopic (exact) mass is 336 g/mol. The maximum atomic E-state index is 5.81. The third kappa shape index (κ3) is 3.71. The zero-order valence-corrected chi connectivity index (χ0v) is 12.9. The molecule has 4 nitrogen and oxygen atoms in total. The molecule has 2 rings (SSSR count). The fourth-order valence-corrected chi connectivity index (χ4v) is 2.46. The third-order valence-electron chi connectivity index (χ3n) is 2.81. The molecule has 0 aliphatic heterocycles. The number of pyridine rings is 1. The number of aromatic nitrogens is 1. The molecule has 0 aliphatic rings. The highest BCUT2D eigenvalue weighted by molar-refractivity contribution is 9.10. The van der Waals surface area contributed by atoms with Crippen LogP contribution >= 0.6 is 15.9 Å². The smallest absolute Gasteiger partial charge is 0.175 e. The average Bonchev–Trinajstić information content (AvgIpc) is 2.47. The van der Waals surface area contributed by atoms with Crippen LogP contribution in [0.2, 0.25) is 0 Å². The molecule has 2 N–H and O–H groups in total. The van der Waals surface area contributed by atoms with E-state index in [1.165, 1.54) is 0 Å². The van der Waals surface area contributed by atoms with E-state index in [0.717, 1.165) is 22.2 Å². The second kappa shape index (κ2) is 7.26. The molecule has 0 atom stereocenters. The van der Waals surface area contributed by atoms with E-state index >= 15 is 0 Å². The summed E-state index contributed by atoms with van der Waals surface area (Å²) in [4.78, 5) is 4.23. The topological polar surface area (TPSA) is 57.4 Å². The van der Waals surface area contributed by atoms with Crippen molar-refractivity contribution < 1.29 is 9.47 Å². The van der Waals surface area contributed by atoms with Crippen molar-refractivity contribution in [1.82, 2.24) is 4.98 Å². The Balaban J connectivity index is 2.18. The molecule has 20 heavy (non-hydrogen) atoms. The van der Waals surface area contributed by atoms with Gasteiger partial charge >= 0.3 is 0 Å². The molecule has 2 aromatic rings. The molecule has 5 heteroatoms. The number of methoxy groups -OCH3 is 1. The molecule has 0 unspecified atom stereocenters. The van der Waals surface area contributed by atoms with Crippen molar-refractivity contribution in [1.29, 1.82) is 0 Å². The zero-order chi connectivity index (χ0) is 14.4. The van der Waals surface area contributed by atoms with Crippen LogP contribution in [-0.4, -0.2) is 18.6 Å². The van der Waals surface area contributed by atoms with Crippen molar-refractivity contribution in [3.8, 4) is 11.5 Å². The molecule has 0 bridgehead atoms.